The van der Waals surface area contributed by atoms with Crippen molar-refractivity contribution < 1.29 is 5.11 Å². The van der Waals surface area contributed by atoms with Crippen LogP contribution in [-0.4, -0.2) is 27.1 Å². The van der Waals surface area contributed by atoms with Crippen molar-refractivity contribution in [3.8, 4) is 0 Å². The van der Waals surface area contributed by atoms with E-state index < -0.39 is 0 Å². The largest absolute Gasteiger partial charge is 0.393 e. The van der Waals surface area contributed by atoms with Gasteiger partial charge >= 0.3 is 0 Å². The van der Waals surface area contributed by atoms with Crippen molar-refractivity contribution in [2.24, 2.45) is 5.92 Å². The summed E-state index contributed by atoms with van der Waals surface area (Å²) in [5, 5.41) is 12.7. The Morgan fingerprint density at radius 1 is 1.50 bits per heavy atom. The van der Waals surface area contributed by atoms with Gasteiger partial charge in [-0.15, -0.1) is 11.3 Å². The highest BCUT2D eigenvalue weighted by Crippen LogP contribution is 2.26. The van der Waals surface area contributed by atoms with Crippen LogP contribution in [0.1, 0.15) is 29.1 Å². The first-order valence-corrected chi connectivity index (χ1v) is 7.28. The summed E-state index contributed by atoms with van der Waals surface area (Å²) < 4.78 is 2.19. The maximum Gasteiger partial charge on any atom is 0.194 e. The van der Waals surface area contributed by atoms with E-state index in [4.69, 9.17) is 0 Å². The van der Waals surface area contributed by atoms with Gasteiger partial charge in [-0.25, -0.2) is 4.98 Å². The Hall–Kier alpha value is -0.910. The van der Waals surface area contributed by atoms with E-state index in [1.54, 1.807) is 11.3 Å². The van der Waals surface area contributed by atoms with E-state index in [9.17, 15) is 5.11 Å². The molecule has 1 fully saturated rings. The van der Waals surface area contributed by atoms with Crippen molar-refractivity contribution in [2.45, 2.75) is 39.3 Å². The number of nitrogens with zero attached hydrogens (tertiary/aromatic N) is 2. The second-order valence-electron chi connectivity index (χ2n) is 5.26. The van der Waals surface area contributed by atoms with E-state index in [2.05, 4.69) is 34.7 Å². The Bertz CT molecular complexity index is 554. The monoisotopic (exact) mass is 265 g/mol. The molecule has 0 unspecified atom stereocenters. The number of nitrogens with one attached hydrogen (secondary N) is 1. The van der Waals surface area contributed by atoms with Crippen LogP contribution in [0.5, 0.6) is 0 Å². The molecule has 2 aromatic heterocycles. The summed E-state index contributed by atoms with van der Waals surface area (Å²) in [5.74, 6) is 0.646. The number of hydrogen-bond donors (Lipinski definition) is 2. The zero-order chi connectivity index (χ0) is 12.7. The predicted molar refractivity (Wildman–Crippen MR) is 73.0 cm³/mol. The summed E-state index contributed by atoms with van der Waals surface area (Å²) in [6.45, 7) is 6.03. The molecule has 0 radical (unpaired) electrons. The number of rotatable bonds is 4. The predicted octanol–water partition coefficient (Wildman–Crippen LogP) is 1.87. The van der Waals surface area contributed by atoms with Crippen molar-refractivity contribution in [3.63, 3.8) is 0 Å². The van der Waals surface area contributed by atoms with Crippen LogP contribution < -0.4 is 5.32 Å². The van der Waals surface area contributed by atoms with Gasteiger partial charge in [-0.1, -0.05) is 0 Å². The molecule has 0 aromatic carbocycles. The van der Waals surface area contributed by atoms with Crippen molar-refractivity contribution in [3.05, 3.63) is 22.5 Å². The third-order valence-corrected chi connectivity index (χ3v) is 4.58. The van der Waals surface area contributed by atoms with E-state index >= 15 is 0 Å². The SMILES string of the molecule is Cc1cn2c(CNCC3CC(O)C3)c(C)nc2s1. The number of fused-ring (bicyclic) bond motifs is 1. The first-order chi connectivity index (χ1) is 8.63. The van der Waals surface area contributed by atoms with Crippen molar-refractivity contribution in [2.75, 3.05) is 6.54 Å². The van der Waals surface area contributed by atoms with Gasteiger partial charge in [-0.2, -0.15) is 0 Å². The van der Waals surface area contributed by atoms with Gasteiger partial charge in [0.2, 0.25) is 0 Å². The third-order valence-electron chi connectivity index (χ3n) is 3.68. The number of aliphatic hydroxyl groups excluding tert-OH is 1. The van der Waals surface area contributed by atoms with Crippen LogP contribution >= 0.6 is 11.3 Å². The van der Waals surface area contributed by atoms with E-state index in [0.29, 0.717) is 5.92 Å². The molecule has 2 aromatic rings. The minimum Gasteiger partial charge on any atom is -0.393 e. The van der Waals surface area contributed by atoms with Crippen molar-refractivity contribution in [1.82, 2.24) is 14.7 Å². The lowest BCUT2D eigenvalue weighted by atomic mass is 9.82. The summed E-state index contributed by atoms with van der Waals surface area (Å²) in [7, 11) is 0. The van der Waals surface area contributed by atoms with Gasteiger partial charge in [0, 0.05) is 17.6 Å². The Balaban J connectivity index is 1.64. The number of thiazole rings is 1. The number of imidazole rings is 1. The standard InChI is InChI=1S/C13H19N3OS/c1-8-7-16-12(9(2)15-13(16)18-8)6-14-5-10-3-11(17)4-10/h7,10-11,14,17H,3-6H2,1-2H3. The average Bonchev–Trinajstić information content (AvgIpc) is 2.73. The molecule has 1 aliphatic rings. The van der Waals surface area contributed by atoms with Crippen LogP contribution in [0.25, 0.3) is 4.96 Å². The smallest absolute Gasteiger partial charge is 0.194 e. The molecule has 3 rings (SSSR count). The second kappa shape index (κ2) is 4.64. The zero-order valence-electron chi connectivity index (χ0n) is 10.8. The molecule has 0 aliphatic heterocycles. The number of aryl methyl sites for hydroxylation is 2. The first kappa shape index (κ1) is 12.1. The number of aliphatic hydroxyl groups is 1. The Labute approximate surface area is 111 Å². The highest BCUT2D eigenvalue weighted by atomic mass is 32.1. The molecule has 0 atom stereocenters. The molecule has 2 N–H and O–H groups in total. The van der Waals surface area contributed by atoms with Crippen LogP contribution in [-0.2, 0) is 6.54 Å². The maximum absolute atomic E-state index is 9.25. The third kappa shape index (κ3) is 2.18. The molecule has 18 heavy (non-hydrogen) atoms. The summed E-state index contributed by atoms with van der Waals surface area (Å²) in [4.78, 5) is 6.96. The van der Waals surface area contributed by atoms with E-state index in [0.717, 1.165) is 36.6 Å². The highest BCUT2D eigenvalue weighted by molar-refractivity contribution is 7.17. The molecule has 0 saturated heterocycles. The van der Waals surface area contributed by atoms with Gasteiger partial charge in [0.15, 0.2) is 4.96 Å². The molecule has 4 nitrogen and oxygen atoms in total. The minimum atomic E-state index is -0.0558. The van der Waals surface area contributed by atoms with Crippen LogP contribution in [0.15, 0.2) is 6.20 Å². The van der Waals surface area contributed by atoms with Crippen LogP contribution in [0.2, 0.25) is 0 Å². The molecular formula is C13H19N3OS. The second-order valence-corrected chi connectivity index (χ2v) is 6.47. The van der Waals surface area contributed by atoms with E-state index in [-0.39, 0.29) is 6.10 Å². The molecule has 1 aliphatic carbocycles. The van der Waals surface area contributed by atoms with Crippen LogP contribution in [0.3, 0.4) is 0 Å². The first-order valence-electron chi connectivity index (χ1n) is 6.46. The van der Waals surface area contributed by atoms with Gasteiger partial charge < -0.3 is 10.4 Å². The van der Waals surface area contributed by atoms with Crippen molar-refractivity contribution >= 4 is 16.3 Å². The molecule has 5 heteroatoms. The number of hydrogen-bond acceptors (Lipinski definition) is 4. The summed E-state index contributed by atoms with van der Waals surface area (Å²) >= 11 is 1.73. The fourth-order valence-electron chi connectivity index (χ4n) is 2.58. The van der Waals surface area contributed by atoms with Crippen LogP contribution in [0.4, 0.5) is 0 Å². The summed E-state index contributed by atoms with van der Waals surface area (Å²) in [6, 6.07) is 0. The minimum absolute atomic E-state index is 0.0558. The lowest BCUT2D eigenvalue weighted by Gasteiger charge is -2.31. The van der Waals surface area contributed by atoms with E-state index in [1.165, 1.54) is 10.6 Å². The topological polar surface area (TPSA) is 49.6 Å². The lowest BCUT2D eigenvalue weighted by Crippen LogP contribution is -2.36. The maximum atomic E-state index is 9.25. The molecule has 0 amide bonds. The van der Waals surface area contributed by atoms with Crippen LogP contribution in [0, 0.1) is 19.8 Å². The molecule has 0 spiro atoms. The quantitative estimate of drug-likeness (QED) is 0.887. The summed E-state index contributed by atoms with van der Waals surface area (Å²) in [5.41, 5.74) is 2.37. The zero-order valence-corrected chi connectivity index (χ0v) is 11.6. The van der Waals surface area contributed by atoms with E-state index in [1.807, 2.05) is 0 Å². The van der Waals surface area contributed by atoms with Gasteiger partial charge in [-0.05, 0) is 39.2 Å². The summed E-state index contributed by atoms with van der Waals surface area (Å²) in [6.07, 6.45) is 4.00. The Morgan fingerprint density at radius 2 is 2.28 bits per heavy atom. The molecule has 0 bridgehead atoms. The molecule has 2 heterocycles. The van der Waals surface area contributed by atoms with Gasteiger partial charge in [0.25, 0.3) is 0 Å². The lowest BCUT2D eigenvalue weighted by molar-refractivity contribution is 0.0429. The van der Waals surface area contributed by atoms with Gasteiger partial charge in [0.05, 0.1) is 17.5 Å². The normalized spacial score (nSPS) is 23.5. The van der Waals surface area contributed by atoms with Gasteiger partial charge in [-0.3, -0.25) is 4.40 Å². The molecular weight excluding hydrogens is 246 g/mol. The fraction of sp³-hybridized carbons (Fsp3) is 0.615. The number of aromatic nitrogens is 2. The Morgan fingerprint density at radius 3 is 3.00 bits per heavy atom. The molecule has 98 valence electrons. The van der Waals surface area contributed by atoms with Crippen molar-refractivity contribution in [1.29, 1.82) is 0 Å². The fourth-order valence-corrected chi connectivity index (χ4v) is 3.47. The average molecular weight is 265 g/mol. The Kier molecular flexibility index (Phi) is 3.13. The highest BCUT2D eigenvalue weighted by Gasteiger charge is 2.26. The molecule has 1 saturated carbocycles. The van der Waals surface area contributed by atoms with Gasteiger partial charge in [0.1, 0.15) is 0 Å².